The summed E-state index contributed by atoms with van der Waals surface area (Å²) in [4.78, 5) is 13.8. The fraction of sp³-hybridized carbons (Fsp3) is 0.583. The van der Waals surface area contributed by atoms with E-state index in [4.69, 9.17) is 4.74 Å². The number of carbonyl (C=O) groups excluding carboxylic acids is 1. The van der Waals surface area contributed by atoms with Crippen LogP contribution in [0.5, 0.6) is 0 Å². The lowest BCUT2D eigenvalue weighted by Gasteiger charge is -2.24. The highest BCUT2D eigenvalue weighted by atomic mass is 79.9. The molecule has 0 bridgehead atoms. The molecule has 0 radical (unpaired) electrons. The Bertz CT molecular complexity index is 367. The Kier molecular flexibility index (Phi) is 6.16. The summed E-state index contributed by atoms with van der Waals surface area (Å²) in [6.07, 6.45) is 0.765. The van der Waals surface area contributed by atoms with E-state index in [1.54, 1.807) is 11.3 Å². The molecule has 1 atom stereocenters. The number of likely N-dealkylation sites (N-methyl/N-ethyl adjacent to an activating group) is 1. The molecule has 0 aliphatic carbocycles. The molecule has 0 N–H and O–H groups in total. The predicted octanol–water partition coefficient (Wildman–Crippen LogP) is 3.28. The highest BCUT2D eigenvalue weighted by Gasteiger charge is 2.22. The first-order valence-corrected chi connectivity index (χ1v) is 7.35. The molecule has 3 nitrogen and oxygen atoms in total. The van der Waals surface area contributed by atoms with Gasteiger partial charge in [0.15, 0.2) is 0 Å². The van der Waals surface area contributed by atoms with Gasteiger partial charge in [0.25, 0.3) is 0 Å². The van der Waals surface area contributed by atoms with E-state index in [0.717, 1.165) is 16.8 Å². The van der Waals surface area contributed by atoms with Crippen LogP contribution in [0.3, 0.4) is 0 Å². The highest BCUT2D eigenvalue weighted by molar-refractivity contribution is 9.11. The molecule has 1 aromatic rings. The van der Waals surface area contributed by atoms with Crippen molar-refractivity contribution in [1.82, 2.24) is 4.90 Å². The smallest absolute Gasteiger partial charge is 0.323 e. The Morgan fingerprint density at radius 2 is 2.29 bits per heavy atom. The molecule has 17 heavy (non-hydrogen) atoms. The number of esters is 1. The second kappa shape index (κ2) is 7.13. The van der Waals surface area contributed by atoms with Crippen molar-refractivity contribution in [1.29, 1.82) is 0 Å². The standard InChI is InChI=1S/C12H18BrNO2S/c1-4-10(12(15)16-5-2)14(3)7-9-6-11(13)17-8-9/h6,8,10H,4-5,7H2,1-3H3. The molecule has 1 heterocycles. The average molecular weight is 320 g/mol. The minimum atomic E-state index is -0.159. The normalized spacial score (nSPS) is 12.8. The van der Waals surface area contributed by atoms with Gasteiger partial charge >= 0.3 is 5.97 Å². The van der Waals surface area contributed by atoms with Gasteiger partial charge in [-0.25, -0.2) is 0 Å². The Morgan fingerprint density at radius 1 is 1.59 bits per heavy atom. The monoisotopic (exact) mass is 319 g/mol. The summed E-state index contributed by atoms with van der Waals surface area (Å²) < 4.78 is 6.19. The Hall–Kier alpha value is -0.390. The van der Waals surface area contributed by atoms with Gasteiger partial charge in [0, 0.05) is 6.54 Å². The minimum Gasteiger partial charge on any atom is -0.465 e. The largest absolute Gasteiger partial charge is 0.465 e. The molecular weight excluding hydrogens is 302 g/mol. The molecule has 0 saturated heterocycles. The number of rotatable bonds is 6. The number of carbonyl (C=O) groups is 1. The maximum absolute atomic E-state index is 11.7. The summed E-state index contributed by atoms with van der Waals surface area (Å²) in [5, 5.41) is 2.10. The third-order valence-corrected chi connectivity index (χ3v) is 4.08. The quantitative estimate of drug-likeness (QED) is 0.753. The molecule has 0 aliphatic heterocycles. The molecule has 1 unspecified atom stereocenters. The maximum atomic E-state index is 11.7. The molecule has 0 aliphatic rings. The van der Waals surface area contributed by atoms with Crippen LogP contribution in [-0.2, 0) is 16.1 Å². The third-order valence-electron chi connectivity index (χ3n) is 2.53. The zero-order valence-corrected chi connectivity index (χ0v) is 12.8. The molecule has 0 aromatic carbocycles. The fourth-order valence-electron chi connectivity index (χ4n) is 1.72. The lowest BCUT2D eigenvalue weighted by molar-refractivity contribution is -0.149. The van der Waals surface area contributed by atoms with Gasteiger partial charge < -0.3 is 4.74 Å². The van der Waals surface area contributed by atoms with Gasteiger partial charge in [-0.3, -0.25) is 9.69 Å². The number of nitrogens with zero attached hydrogens (tertiary/aromatic N) is 1. The number of thiophene rings is 1. The first-order valence-electron chi connectivity index (χ1n) is 5.68. The third kappa shape index (κ3) is 4.41. The molecule has 0 fully saturated rings. The van der Waals surface area contributed by atoms with Crippen LogP contribution in [0.4, 0.5) is 0 Å². The number of halogens is 1. The summed E-state index contributed by atoms with van der Waals surface area (Å²) in [5.74, 6) is -0.133. The topological polar surface area (TPSA) is 29.5 Å². The maximum Gasteiger partial charge on any atom is 0.323 e. The van der Waals surface area contributed by atoms with Crippen molar-refractivity contribution in [3.63, 3.8) is 0 Å². The van der Waals surface area contributed by atoms with Gasteiger partial charge in [0.05, 0.1) is 10.4 Å². The summed E-state index contributed by atoms with van der Waals surface area (Å²) in [5.41, 5.74) is 1.21. The van der Waals surface area contributed by atoms with E-state index >= 15 is 0 Å². The highest BCUT2D eigenvalue weighted by Crippen LogP contribution is 2.22. The van der Waals surface area contributed by atoms with E-state index in [1.807, 2.05) is 25.8 Å². The van der Waals surface area contributed by atoms with E-state index in [1.165, 1.54) is 5.56 Å². The van der Waals surface area contributed by atoms with Gasteiger partial charge in [0.2, 0.25) is 0 Å². The number of ether oxygens (including phenoxy) is 1. The zero-order chi connectivity index (χ0) is 12.8. The van der Waals surface area contributed by atoms with Crippen molar-refractivity contribution in [2.75, 3.05) is 13.7 Å². The molecule has 96 valence electrons. The molecular formula is C12H18BrNO2S. The van der Waals surface area contributed by atoms with Gasteiger partial charge in [-0.1, -0.05) is 6.92 Å². The Labute approximate surface area is 115 Å². The molecule has 1 aromatic heterocycles. The fourth-order valence-corrected chi connectivity index (χ4v) is 2.92. The van der Waals surface area contributed by atoms with Crippen LogP contribution in [-0.4, -0.2) is 30.6 Å². The first kappa shape index (κ1) is 14.7. The first-order chi connectivity index (χ1) is 8.08. The van der Waals surface area contributed by atoms with Crippen LogP contribution < -0.4 is 0 Å². The second-order valence-electron chi connectivity index (χ2n) is 3.85. The molecule has 0 saturated carbocycles. The predicted molar refractivity (Wildman–Crippen MR) is 74.2 cm³/mol. The summed E-state index contributed by atoms with van der Waals surface area (Å²) in [6.45, 7) is 5.04. The lowest BCUT2D eigenvalue weighted by atomic mass is 10.2. The van der Waals surface area contributed by atoms with E-state index in [2.05, 4.69) is 27.4 Å². The molecule has 0 amide bonds. The van der Waals surface area contributed by atoms with E-state index in [0.29, 0.717) is 6.61 Å². The van der Waals surface area contributed by atoms with Gasteiger partial charge in [-0.05, 0) is 53.3 Å². The van der Waals surface area contributed by atoms with Gasteiger partial charge in [-0.2, -0.15) is 0 Å². The second-order valence-corrected chi connectivity index (χ2v) is 6.14. The van der Waals surface area contributed by atoms with Gasteiger partial charge in [-0.15, -0.1) is 11.3 Å². The van der Waals surface area contributed by atoms with Crippen LogP contribution in [0.25, 0.3) is 0 Å². The summed E-state index contributed by atoms with van der Waals surface area (Å²) in [6, 6.07) is 1.92. The zero-order valence-electron chi connectivity index (χ0n) is 10.4. The van der Waals surface area contributed by atoms with Crippen molar-refractivity contribution in [2.24, 2.45) is 0 Å². The minimum absolute atomic E-state index is 0.133. The van der Waals surface area contributed by atoms with Crippen molar-refractivity contribution >= 4 is 33.2 Å². The van der Waals surface area contributed by atoms with E-state index < -0.39 is 0 Å². The Balaban J connectivity index is 2.60. The van der Waals surface area contributed by atoms with Crippen molar-refractivity contribution in [2.45, 2.75) is 32.9 Å². The average Bonchev–Trinajstić information content (AvgIpc) is 2.65. The van der Waals surface area contributed by atoms with Crippen LogP contribution in [0, 0.1) is 0 Å². The van der Waals surface area contributed by atoms with Crippen LogP contribution in [0.1, 0.15) is 25.8 Å². The van der Waals surface area contributed by atoms with Crippen LogP contribution in [0.2, 0.25) is 0 Å². The van der Waals surface area contributed by atoms with Crippen molar-refractivity contribution < 1.29 is 9.53 Å². The summed E-state index contributed by atoms with van der Waals surface area (Å²) in [7, 11) is 1.96. The van der Waals surface area contributed by atoms with E-state index in [9.17, 15) is 4.79 Å². The van der Waals surface area contributed by atoms with Gasteiger partial charge in [0.1, 0.15) is 6.04 Å². The van der Waals surface area contributed by atoms with E-state index in [-0.39, 0.29) is 12.0 Å². The molecule has 5 heteroatoms. The Morgan fingerprint density at radius 3 is 2.76 bits per heavy atom. The molecule has 0 spiro atoms. The lowest BCUT2D eigenvalue weighted by Crippen LogP contribution is -2.38. The summed E-state index contributed by atoms with van der Waals surface area (Å²) >= 11 is 5.10. The van der Waals surface area contributed by atoms with Crippen molar-refractivity contribution in [3.05, 3.63) is 20.8 Å². The van der Waals surface area contributed by atoms with Crippen LogP contribution >= 0.6 is 27.3 Å². The SMILES string of the molecule is CCOC(=O)C(CC)N(C)Cc1csc(Br)c1. The number of hydrogen-bond donors (Lipinski definition) is 0. The van der Waals surface area contributed by atoms with Crippen LogP contribution in [0.15, 0.2) is 15.2 Å². The molecule has 1 rings (SSSR count). The number of hydrogen-bond acceptors (Lipinski definition) is 4. The van der Waals surface area contributed by atoms with Crippen molar-refractivity contribution in [3.8, 4) is 0 Å².